The maximum absolute atomic E-state index is 4.79. The van der Waals surface area contributed by atoms with Crippen molar-refractivity contribution in [2.45, 2.75) is 12.8 Å². The largest absolute Gasteiger partial charge is 0.247 e. The van der Waals surface area contributed by atoms with Gasteiger partial charge in [0.2, 0.25) is 0 Å². The number of hydrogen-bond acceptors (Lipinski definition) is 1. The van der Waals surface area contributed by atoms with E-state index in [4.69, 9.17) is 4.99 Å². The maximum atomic E-state index is 4.79. The van der Waals surface area contributed by atoms with Gasteiger partial charge >= 0.3 is 0 Å². The summed E-state index contributed by atoms with van der Waals surface area (Å²) in [5.74, 6) is 0.112. The van der Waals surface area contributed by atoms with E-state index >= 15 is 0 Å². The van der Waals surface area contributed by atoms with Gasteiger partial charge in [-0.1, -0.05) is 73.6 Å². The van der Waals surface area contributed by atoms with E-state index in [1.54, 1.807) is 12.2 Å². The Morgan fingerprint density at radius 1 is 1.18 bits per heavy atom. The van der Waals surface area contributed by atoms with Crippen LogP contribution in [0.3, 0.4) is 0 Å². The minimum atomic E-state index is 0.112. The van der Waals surface area contributed by atoms with Crippen LogP contribution in [0.4, 0.5) is 0 Å². The van der Waals surface area contributed by atoms with Crippen molar-refractivity contribution in [2.24, 2.45) is 10.9 Å². The lowest BCUT2D eigenvalue weighted by molar-refractivity contribution is 1.09. The third-order valence-corrected chi connectivity index (χ3v) is 3.07. The summed E-state index contributed by atoms with van der Waals surface area (Å²) in [4.78, 5) is 4.79. The lowest BCUT2D eigenvalue weighted by atomic mass is 10.00. The molecule has 1 aliphatic heterocycles. The van der Waals surface area contributed by atoms with Gasteiger partial charge in [-0.15, -0.1) is 13.2 Å². The molecule has 0 aromatic heterocycles. The quantitative estimate of drug-likeness (QED) is 0.326. The van der Waals surface area contributed by atoms with Gasteiger partial charge < -0.3 is 0 Å². The van der Waals surface area contributed by atoms with Gasteiger partial charge in [0.05, 0.1) is 0 Å². The Morgan fingerprint density at radius 3 is 2.64 bits per heavy atom. The molecule has 1 atom stereocenters. The lowest BCUT2D eigenvalue weighted by Crippen LogP contribution is -2.08. The van der Waals surface area contributed by atoms with Crippen molar-refractivity contribution in [1.29, 1.82) is 0 Å². The van der Waals surface area contributed by atoms with Gasteiger partial charge in [-0.25, -0.2) is 4.99 Å². The van der Waals surface area contributed by atoms with Crippen LogP contribution in [0, 0.1) is 5.92 Å². The predicted molar refractivity (Wildman–Crippen MR) is 98.9 cm³/mol. The molecule has 1 heterocycles. The second kappa shape index (κ2) is 10.1. The average Bonchev–Trinajstić information content (AvgIpc) is 2.68. The van der Waals surface area contributed by atoms with E-state index in [1.807, 2.05) is 42.5 Å². The molecule has 0 aromatic rings. The summed E-state index contributed by atoms with van der Waals surface area (Å²) in [7, 11) is 0. The minimum Gasteiger partial charge on any atom is -0.247 e. The molecule has 1 nitrogen and oxygen atoms in total. The van der Waals surface area contributed by atoms with Gasteiger partial charge in [0, 0.05) is 23.6 Å². The van der Waals surface area contributed by atoms with Gasteiger partial charge in [-0.3, -0.25) is 0 Å². The van der Waals surface area contributed by atoms with Gasteiger partial charge in [0.25, 0.3) is 0 Å². The van der Waals surface area contributed by atoms with Crippen LogP contribution < -0.4 is 0 Å². The third kappa shape index (κ3) is 5.40. The standard InChI is InChI=1S/C21H23N/c1-5-9-11-14-20-18(8-4)16-17-19(13-7-3)21(22-20)15-12-10-6-2/h5-9,11-13,16-18H,1-4,10,14H2/b11-9-,19-13-. The van der Waals surface area contributed by atoms with Crippen molar-refractivity contribution < 1.29 is 0 Å². The second-order valence-corrected chi connectivity index (χ2v) is 4.67. The molecule has 1 unspecified atom stereocenters. The third-order valence-electron chi connectivity index (χ3n) is 3.07. The number of rotatable bonds is 7. The molecule has 0 spiro atoms. The van der Waals surface area contributed by atoms with Crippen LogP contribution in [0.5, 0.6) is 0 Å². The summed E-state index contributed by atoms with van der Waals surface area (Å²) >= 11 is 0. The summed E-state index contributed by atoms with van der Waals surface area (Å²) < 4.78 is 0. The fraction of sp³-hybridized carbons (Fsp3) is 0.143. The Bertz CT molecular complexity index is 614. The van der Waals surface area contributed by atoms with E-state index in [9.17, 15) is 0 Å². The average molecular weight is 289 g/mol. The molecule has 0 saturated carbocycles. The van der Waals surface area contributed by atoms with E-state index in [0.717, 1.165) is 29.8 Å². The molecule has 0 bridgehead atoms. The van der Waals surface area contributed by atoms with Crippen molar-refractivity contribution in [3.8, 4) is 0 Å². The molecule has 1 aliphatic rings. The van der Waals surface area contributed by atoms with Crippen molar-refractivity contribution >= 4 is 5.71 Å². The van der Waals surface area contributed by atoms with Crippen LogP contribution in [0.2, 0.25) is 0 Å². The minimum absolute atomic E-state index is 0.112. The first-order valence-corrected chi connectivity index (χ1v) is 7.31. The molecule has 0 radical (unpaired) electrons. The molecule has 0 amide bonds. The van der Waals surface area contributed by atoms with E-state index < -0.39 is 0 Å². The number of hydrogen-bond donors (Lipinski definition) is 0. The first kappa shape index (κ1) is 17.4. The Kier molecular flexibility index (Phi) is 8.04. The highest BCUT2D eigenvalue weighted by molar-refractivity contribution is 5.92. The maximum Gasteiger partial charge on any atom is 0.112 e. The highest BCUT2D eigenvalue weighted by atomic mass is 14.8. The van der Waals surface area contributed by atoms with E-state index in [2.05, 4.69) is 38.1 Å². The summed E-state index contributed by atoms with van der Waals surface area (Å²) in [6.45, 7) is 15.1. The topological polar surface area (TPSA) is 12.4 Å². The molecule has 0 fully saturated rings. The van der Waals surface area contributed by atoms with Gasteiger partial charge in [-0.05, 0) is 12.5 Å². The molecule has 0 aliphatic carbocycles. The van der Waals surface area contributed by atoms with Crippen LogP contribution in [-0.2, 0) is 0 Å². The van der Waals surface area contributed by atoms with E-state index in [0.29, 0.717) is 0 Å². The fourth-order valence-corrected chi connectivity index (χ4v) is 1.98. The molecular formula is C21H23N. The zero-order chi connectivity index (χ0) is 16.2. The second-order valence-electron chi connectivity index (χ2n) is 4.67. The Labute approximate surface area is 134 Å². The molecule has 0 aromatic carbocycles. The van der Waals surface area contributed by atoms with E-state index in [1.165, 1.54) is 0 Å². The van der Waals surface area contributed by atoms with Gasteiger partial charge in [-0.2, -0.15) is 0 Å². The molecule has 112 valence electrons. The highest BCUT2D eigenvalue weighted by Gasteiger charge is 2.14. The molecule has 22 heavy (non-hydrogen) atoms. The molecule has 1 heteroatoms. The monoisotopic (exact) mass is 289 g/mol. The van der Waals surface area contributed by atoms with Crippen molar-refractivity contribution in [1.82, 2.24) is 0 Å². The summed E-state index contributed by atoms with van der Waals surface area (Å²) in [6, 6.07) is 0. The predicted octanol–water partition coefficient (Wildman–Crippen LogP) is 5.66. The van der Waals surface area contributed by atoms with Crippen LogP contribution >= 0.6 is 0 Å². The number of nitrogens with zero attached hydrogens (tertiary/aromatic N) is 1. The van der Waals surface area contributed by atoms with Crippen LogP contribution in [0.25, 0.3) is 0 Å². The normalized spacial score (nSPS) is 19.3. The van der Waals surface area contributed by atoms with Crippen LogP contribution in [0.15, 0.2) is 109 Å². The molecule has 0 saturated heterocycles. The Hall–Kier alpha value is -2.63. The Morgan fingerprint density at radius 2 is 2.00 bits per heavy atom. The first-order valence-electron chi connectivity index (χ1n) is 7.31. The number of allylic oxidation sites excluding steroid dienone is 9. The first-order chi connectivity index (χ1) is 10.8. The van der Waals surface area contributed by atoms with Crippen molar-refractivity contribution in [3.63, 3.8) is 0 Å². The number of aliphatic imine (C=N–C) groups is 1. The van der Waals surface area contributed by atoms with Gasteiger partial charge in [0.1, 0.15) is 5.70 Å². The molecule has 0 N–H and O–H groups in total. The zero-order valence-electron chi connectivity index (χ0n) is 13.0. The van der Waals surface area contributed by atoms with Crippen molar-refractivity contribution in [3.05, 3.63) is 104 Å². The highest BCUT2D eigenvalue weighted by Crippen LogP contribution is 2.22. The van der Waals surface area contributed by atoms with Crippen LogP contribution in [0.1, 0.15) is 12.8 Å². The zero-order valence-corrected chi connectivity index (χ0v) is 13.0. The summed E-state index contributed by atoms with van der Waals surface area (Å²) in [5.41, 5.74) is 6.08. The van der Waals surface area contributed by atoms with Gasteiger partial charge in [0.15, 0.2) is 0 Å². The fourth-order valence-electron chi connectivity index (χ4n) is 1.98. The molecule has 1 rings (SSSR count). The van der Waals surface area contributed by atoms with Crippen LogP contribution in [-0.4, -0.2) is 5.71 Å². The lowest BCUT2D eigenvalue weighted by Gasteiger charge is -2.08. The molecular weight excluding hydrogens is 266 g/mol. The summed E-state index contributed by atoms with van der Waals surface area (Å²) in [5, 5.41) is 0. The Balaban J connectivity index is 3.34. The van der Waals surface area contributed by atoms with E-state index in [-0.39, 0.29) is 5.92 Å². The summed E-state index contributed by atoms with van der Waals surface area (Å²) in [6.07, 6.45) is 20.8. The van der Waals surface area contributed by atoms with Crippen molar-refractivity contribution in [2.75, 3.05) is 0 Å². The smallest absolute Gasteiger partial charge is 0.112 e. The SMILES string of the molecule is C=C/C=C\CC1=NC(=C=CCC=C)/C(=C\C=C)C=CC1C=C.